The van der Waals surface area contributed by atoms with Crippen molar-refractivity contribution < 1.29 is 125 Å². The predicted octanol–water partition coefficient (Wildman–Crippen LogP) is 18.4. The van der Waals surface area contributed by atoms with Crippen LogP contribution in [-0.4, -0.2) is 33.7 Å². The van der Waals surface area contributed by atoms with Crippen LogP contribution in [-0.2, 0) is 32.7 Å². The minimum absolute atomic E-state index is 0.0141. The predicted molar refractivity (Wildman–Crippen MR) is 322 cm³/mol. The highest BCUT2D eigenvalue weighted by Gasteiger charge is 2.32. The van der Waals surface area contributed by atoms with Crippen molar-refractivity contribution in [1.82, 2.24) is 0 Å². The Kier molecular flexibility index (Phi) is 21.5. The molecule has 0 N–H and O–H groups in total. The highest BCUT2D eigenvalue weighted by molar-refractivity contribution is 5.56. The van der Waals surface area contributed by atoms with Gasteiger partial charge in [-0.1, -0.05) is 0 Å². The lowest BCUT2D eigenvalue weighted by molar-refractivity contribution is 0.277. The number of hydrogen-bond acceptors (Lipinski definition) is 10. The van der Waals surface area contributed by atoms with Gasteiger partial charge in [0.25, 0.3) is 0 Å². The Bertz CT molecular complexity index is 4870. The van der Waals surface area contributed by atoms with Gasteiger partial charge in [-0.15, -0.1) is 0 Å². The molecular formula is C70H42F23N5O5. The summed E-state index contributed by atoms with van der Waals surface area (Å²) >= 11 is 0. The first-order chi connectivity index (χ1) is 49.0. The number of nitrogens with zero attached hydrogens (tertiary/aromatic N) is 5. The second-order valence-electron chi connectivity index (χ2n) is 22.5. The summed E-state index contributed by atoms with van der Waals surface area (Å²) in [4.78, 5) is 6.91. The van der Waals surface area contributed by atoms with Gasteiger partial charge in [-0.25, -0.2) is 101 Å². The first kappa shape index (κ1) is 72.8. The Morgan fingerprint density at radius 1 is 0.214 bits per heavy atom. The molecule has 5 aliphatic rings. The zero-order valence-electron chi connectivity index (χ0n) is 51.7. The number of fused-ring (bicyclic) bond motifs is 5. The van der Waals surface area contributed by atoms with E-state index in [1.54, 1.807) is 9.80 Å². The van der Waals surface area contributed by atoms with Crippen molar-refractivity contribution >= 4 is 28.4 Å². The second kappa shape index (κ2) is 30.4. The molecule has 0 bridgehead atoms. The zero-order valence-corrected chi connectivity index (χ0v) is 51.7. The van der Waals surface area contributed by atoms with E-state index < -0.39 is 139 Å². The maximum atomic E-state index is 13.7. The van der Waals surface area contributed by atoms with Crippen LogP contribution in [0.3, 0.4) is 0 Å². The van der Waals surface area contributed by atoms with Gasteiger partial charge < -0.3 is 48.2 Å². The number of rotatable bonds is 5. The van der Waals surface area contributed by atoms with Gasteiger partial charge in [-0.3, -0.25) is 0 Å². The Balaban J connectivity index is 0.000000129. The van der Waals surface area contributed by atoms with Crippen molar-refractivity contribution in [3.63, 3.8) is 0 Å². The number of ether oxygens (including phenoxy) is 5. The Morgan fingerprint density at radius 2 is 0.534 bits per heavy atom. The summed E-state index contributed by atoms with van der Waals surface area (Å²) in [5, 5.41) is 0. The molecule has 538 valence electrons. The minimum Gasteiger partial charge on any atom is -0.473 e. The SMILES string of the molecule is Fc1cc(F)c(N2COc3cc(F)c(F)cc3C2)c(F)c1.Fc1ccc(N2COc3cc(F)c(F)c(F)c3C2)c(F)c1.Fc1ccc(N2COc3cc(F)c(F)c(F)c3C2)cc1.Fc1ccc(N2COc3cc(F)c(F)c(F)c3C2)cc1F.Fc1ccc(N2COc3cc(F)c(F)cc3C2)cc1F. The normalized spacial score (nSPS) is 13.9. The van der Waals surface area contributed by atoms with Crippen LogP contribution in [0, 0.1) is 134 Å². The average Bonchev–Trinajstić information content (AvgIpc) is 0.806. The molecule has 10 nitrogen and oxygen atoms in total. The molecule has 0 amide bonds. The first-order valence-corrected chi connectivity index (χ1v) is 29.6. The standard InChI is InChI=1S/3C14H8F5NO.2C14H9F4NO/c15-8-2-11(18)14(12(19)3-8)20-5-7-1-9(16)10(17)4-13(7)21-6-20;15-7-1-2-11(9(16)3-7)20-5-8-12(21-6-20)4-10(17)14(19)13(8)18;15-9-2-1-7(3-10(9)16)20-5-8-12(21-6-20)4-11(17)14(19)13(8)18;15-8-1-3-9(4-2-8)19-6-10-12(20-7-19)5-11(16)14(18)13(10)17;15-10-2-1-9(4-12(10)17)19-6-8-3-11(16)13(18)5-14(8)20-7-19/h3*1-4H,5-6H2;2*1-5H,6-7H2. The molecule has 0 aliphatic carbocycles. The number of benzene rings is 10. The van der Waals surface area contributed by atoms with Crippen LogP contribution >= 0.6 is 0 Å². The van der Waals surface area contributed by atoms with E-state index in [2.05, 4.69) is 0 Å². The maximum Gasteiger partial charge on any atom is 0.195 e. The van der Waals surface area contributed by atoms with Crippen molar-refractivity contribution in [3.05, 3.63) is 295 Å². The van der Waals surface area contributed by atoms with Crippen molar-refractivity contribution in [2.45, 2.75) is 32.7 Å². The summed E-state index contributed by atoms with van der Waals surface area (Å²) in [6.07, 6.45) is 0. The van der Waals surface area contributed by atoms with Gasteiger partial charge in [0.2, 0.25) is 0 Å². The average molecular weight is 1470 g/mol. The lowest BCUT2D eigenvalue weighted by Gasteiger charge is -2.31. The van der Waals surface area contributed by atoms with E-state index in [9.17, 15) is 101 Å². The maximum absolute atomic E-state index is 13.7. The van der Waals surface area contributed by atoms with Crippen molar-refractivity contribution in [1.29, 1.82) is 0 Å². The van der Waals surface area contributed by atoms with Gasteiger partial charge >= 0.3 is 0 Å². The second-order valence-corrected chi connectivity index (χ2v) is 22.5. The minimum atomic E-state index is -1.61. The molecule has 5 heterocycles. The molecule has 0 aromatic heterocycles. The van der Waals surface area contributed by atoms with Gasteiger partial charge in [-0.05, 0) is 72.8 Å². The molecule has 0 unspecified atom stereocenters. The van der Waals surface area contributed by atoms with Gasteiger partial charge in [0, 0.05) is 95.4 Å². The fourth-order valence-electron chi connectivity index (χ4n) is 10.7. The number of hydrogen-bond donors (Lipinski definition) is 0. The van der Waals surface area contributed by atoms with Gasteiger partial charge in [0.05, 0.1) is 48.6 Å². The lowest BCUT2D eigenvalue weighted by atomic mass is 10.1. The molecule has 0 fully saturated rings. The summed E-state index contributed by atoms with van der Waals surface area (Å²) < 4.78 is 330. The van der Waals surface area contributed by atoms with E-state index in [1.807, 2.05) is 0 Å². The van der Waals surface area contributed by atoms with E-state index in [0.29, 0.717) is 35.1 Å². The molecule has 5 aliphatic heterocycles. The smallest absolute Gasteiger partial charge is 0.195 e. The molecule has 0 atom stereocenters. The van der Waals surface area contributed by atoms with Gasteiger partial charge in [0.15, 0.2) is 144 Å². The van der Waals surface area contributed by atoms with Crippen molar-refractivity contribution in [2.75, 3.05) is 58.2 Å². The Morgan fingerprint density at radius 3 is 0.961 bits per heavy atom. The Hall–Kier alpha value is -11.4. The lowest BCUT2D eigenvalue weighted by Crippen LogP contribution is -2.33. The summed E-state index contributed by atoms with van der Waals surface area (Å²) in [5.74, 6) is -25.9. The van der Waals surface area contributed by atoms with E-state index in [4.69, 9.17) is 23.7 Å². The van der Waals surface area contributed by atoms with Crippen LogP contribution in [0.5, 0.6) is 28.7 Å². The number of anilines is 5. The molecule has 0 spiro atoms. The van der Waals surface area contributed by atoms with Crippen LogP contribution in [0.2, 0.25) is 0 Å². The third-order valence-electron chi connectivity index (χ3n) is 15.8. The third-order valence-corrected chi connectivity index (χ3v) is 15.8. The van der Waals surface area contributed by atoms with Crippen LogP contribution < -0.4 is 48.2 Å². The monoisotopic (exact) mass is 1470 g/mol. The number of halogens is 23. The summed E-state index contributed by atoms with van der Waals surface area (Å²) in [6, 6.07) is 22.1. The summed E-state index contributed by atoms with van der Waals surface area (Å²) in [7, 11) is 0. The quantitative estimate of drug-likeness (QED) is 0.123. The van der Waals surface area contributed by atoms with E-state index in [1.165, 1.54) is 46.2 Å². The topological polar surface area (TPSA) is 62.3 Å². The Labute approximate surface area is 566 Å². The first-order valence-electron chi connectivity index (χ1n) is 29.6. The van der Waals surface area contributed by atoms with Crippen LogP contribution in [0.15, 0.2) is 133 Å². The molecule has 0 radical (unpaired) electrons. The largest absolute Gasteiger partial charge is 0.473 e. The molecule has 10 aromatic rings. The molecule has 15 rings (SSSR count). The van der Waals surface area contributed by atoms with Gasteiger partial charge in [0.1, 0.15) is 57.7 Å². The van der Waals surface area contributed by atoms with E-state index in [-0.39, 0.29) is 129 Å². The summed E-state index contributed by atoms with van der Waals surface area (Å²) in [5.41, 5.74) is 0.971. The molecule has 0 saturated carbocycles. The van der Waals surface area contributed by atoms with Crippen LogP contribution in [0.4, 0.5) is 129 Å². The van der Waals surface area contributed by atoms with Crippen molar-refractivity contribution in [3.8, 4) is 28.7 Å². The summed E-state index contributed by atoms with van der Waals surface area (Å²) in [6.45, 7) is -0.718. The fraction of sp³-hybridized carbons (Fsp3) is 0.143. The molecule has 10 aromatic carbocycles. The fourth-order valence-corrected chi connectivity index (χ4v) is 10.7. The molecular weight excluding hydrogens is 1430 g/mol. The molecule has 0 saturated heterocycles. The van der Waals surface area contributed by atoms with Crippen molar-refractivity contribution in [2.24, 2.45) is 0 Å². The van der Waals surface area contributed by atoms with Gasteiger partial charge in [-0.2, -0.15) is 0 Å². The van der Waals surface area contributed by atoms with E-state index in [0.717, 1.165) is 83.8 Å². The highest BCUT2D eigenvalue weighted by atomic mass is 19.2. The van der Waals surface area contributed by atoms with Crippen LogP contribution in [0.25, 0.3) is 0 Å². The molecule has 33 heteroatoms. The zero-order chi connectivity index (χ0) is 74.0. The van der Waals surface area contributed by atoms with Crippen LogP contribution in [0.1, 0.15) is 27.8 Å². The van der Waals surface area contributed by atoms with E-state index >= 15 is 0 Å². The highest BCUT2D eigenvalue weighted by Crippen LogP contribution is 2.39. The molecule has 103 heavy (non-hydrogen) atoms. The third kappa shape index (κ3) is 16.0.